The number of nitro benzene ring substituents is 1. The van der Waals surface area contributed by atoms with Gasteiger partial charge in [-0.25, -0.2) is 0 Å². The Morgan fingerprint density at radius 3 is 2.83 bits per heavy atom. The largest absolute Gasteiger partial charge is 0.361 e. The summed E-state index contributed by atoms with van der Waals surface area (Å²) in [6.45, 7) is 1.27. The fraction of sp³-hybridized carbons (Fsp3) is 0.190. The van der Waals surface area contributed by atoms with Gasteiger partial charge in [0.05, 0.1) is 11.0 Å². The van der Waals surface area contributed by atoms with E-state index in [4.69, 9.17) is 11.6 Å². The number of nitrogens with one attached hydrogen (secondary N) is 1. The van der Waals surface area contributed by atoms with Crippen molar-refractivity contribution in [1.82, 2.24) is 5.32 Å². The highest BCUT2D eigenvalue weighted by Crippen LogP contribution is 2.36. The average molecular weight is 428 g/mol. The van der Waals surface area contributed by atoms with E-state index in [1.165, 1.54) is 29.4 Å². The zero-order valence-electron chi connectivity index (χ0n) is 15.4. The number of carbonyl (C=O) groups is 1. The second-order valence-corrected chi connectivity index (χ2v) is 8.12. The molecular weight excluding hydrogens is 410 g/mol. The number of anilines is 1. The number of benzene rings is 2. The molecule has 1 amide bonds. The van der Waals surface area contributed by atoms with E-state index in [0.717, 1.165) is 17.8 Å². The number of fused-ring (bicyclic) bond motifs is 1. The van der Waals surface area contributed by atoms with Crippen LogP contribution in [-0.2, 0) is 6.42 Å². The maximum atomic E-state index is 12.7. The Morgan fingerprint density at radius 2 is 2.07 bits per heavy atom. The molecule has 6 nitrogen and oxygen atoms in total. The molecule has 0 unspecified atom stereocenters. The molecule has 1 aliphatic heterocycles. The van der Waals surface area contributed by atoms with Gasteiger partial charge in [0.2, 0.25) is 0 Å². The summed E-state index contributed by atoms with van der Waals surface area (Å²) in [5, 5.41) is 16.1. The summed E-state index contributed by atoms with van der Waals surface area (Å²) in [6.07, 6.45) is 0.968. The van der Waals surface area contributed by atoms with Gasteiger partial charge in [0, 0.05) is 35.3 Å². The molecule has 29 heavy (non-hydrogen) atoms. The molecule has 2 aromatic carbocycles. The lowest BCUT2D eigenvalue weighted by Crippen LogP contribution is -2.37. The first-order chi connectivity index (χ1) is 14.0. The Balaban J connectivity index is 1.55. The summed E-state index contributed by atoms with van der Waals surface area (Å²) >= 11 is 7.49. The van der Waals surface area contributed by atoms with Crippen molar-refractivity contribution in [1.29, 1.82) is 0 Å². The summed E-state index contributed by atoms with van der Waals surface area (Å²) in [5.74, 6) is -0.362. The van der Waals surface area contributed by atoms with Gasteiger partial charge in [0.15, 0.2) is 0 Å². The van der Waals surface area contributed by atoms with Crippen molar-refractivity contribution in [2.45, 2.75) is 12.5 Å². The van der Waals surface area contributed by atoms with Crippen molar-refractivity contribution in [2.75, 3.05) is 18.0 Å². The molecule has 1 aromatic heterocycles. The van der Waals surface area contributed by atoms with E-state index >= 15 is 0 Å². The van der Waals surface area contributed by atoms with Crippen LogP contribution in [0.4, 0.5) is 11.4 Å². The van der Waals surface area contributed by atoms with Crippen LogP contribution in [0.2, 0.25) is 5.02 Å². The smallest absolute Gasteiger partial charge is 0.288 e. The highest BCUT2D eigenvalue weighted by atomic mass is 35.5. The van der Waals surface area contributed by atoms with E-state index in [2.05, 4.69) is 28.4 Å². The Kier molecular flexibility index (Phi) is 5.51. The lowest BCUT2D eigenvalue weighted by atomic mass is 10.1. The van der Waals surface area contributed by atoms with Crippen LogP contribution in [0.3, 0.4) is 0 Å². The molecule has 0 spiro atoms. The van der Waals surface area contributed by atoms with Gasteiger partial charge in [-0.15, -0.1) is 11.3 Å². The lowest BCUT2D eigenvalue weighted by molar-refractivity contribution is -0.384. The molecule has 0 fully saturated rings. The Hall–Kier alpha value is -2.90. The van der Waals surface area contributed by atoms with Crippen LogP contribution in [-0.4, -0.2) is 23.9 Å². The van der Waals surface area contributed by atoms with Crippen LogP contribution in [0.15, 0.2) is 60.0 Å². The summed E-state index contributed by atoms with van der Waals surface area (Å²) in [4.78, 5) is 26.6. The summed E-state index contributed by atoms with van der Waals surface area (Å²) in [5.41, 5.74) is 2.42. The lowest BCUT2D eigenvalue weighted by Gasteiger charge is -2.30. The monoisotopic (exact) mass is 427 g/mol. The summed E-state index contributed by atoms with van der Waals surface area (Å²) < 4.78 is 0. The highest BCUT2D eigenvalue weighted by Gasteiger charge is 2.28. The number of hydrogen-bond acceptors (Lipinski definition) is 5. The number of nitro groups is 1. The Labute approximate surface area is 176 Å². The highest BCUT2D eigenvalue weighted by molar-refractivity contribution is 7.10. The van der Waals surface area contributed by atoms with Crippen LogP contribution in [0, 0.1) is 10.1 Å². The molecule has 0 saturated carbocycles. The SMILES string of the molecule is O=C(NC[C@@H](c1cccs1)N1CCc2ccccc21)c1ccc(Cl)c([N+](=O)[O-])c1. The van der Waals surface area contributed by atoms with Crippen molar-refractivity contribution in [3.05, 3.63) is 91.1 Å². The van der Waals surface area contributed by atoms with Crippen LogP contribution >= 0.6 is 22.9 Å². The predicted octanol–water partition coefficient (Wildman–Crippen LogP) is 4.84. The molecule has 148 valence electrons. The molecular formula is C21H18ClN3O3S. The van der Waals surface area contributed by atoms with Crippen LogP contribution < -0.4 is 10.2 Å². The van der Waals surface area contributed by atoms with Gasteiger partial charge < -0.3 is 10.2 Å². The Bertz CT molecular complexity index is 1060. The fourth-order valence-electron chi connectivity index (χ4n) is 3.62. The van der Waals surface area contributed by atoms with Gasteiger partial charge in [-0.05, 0) is 41.6 Å². The van der Waals surface area contributed by atoms with Gasteiger partial charge in [0.1, 0.15) is 5.02 Å². The zero-order chi connectivity index (χ0) is 20.4. The molecule has 0 saturated heterocycles. The van der Waals surface area contributed by atoms with E-state index < -0.39 is 4.92 Å². The molecule has 1 N–H and O–H groups in total. The standard InChI is InChI=1S/C21H18ClN3O3S/c22-16-8-7-15(12-18(16)25(27)28)21(26)23-13-19(20-6-3-11-29-20)24-10-9-14-4-1-2-5-17(14)24/h1-8,11-12,19H,9-10,13H2,(H,23,26)/t19-/m0/s1. The van der Waals surface area contributed by atoms with E-state index in [-0.39, 0.29) is 28.2 Å². The number of halogens is 1. The number of rotatable bonds is 6. The second kappa shape index (κ2) is 8.23. The molecule has 1 aliphatic rings. The second-order valence-electron chi connectivity index (χ2n) is 6.74. The molecule has 3 aromatic rings. The molecule has 4 rings (SSSR count). The van der Waals surface area contributed by atoms with Crippen molar-refractivity contribution < 1.29 is 9.72 Å². The minimum Gasteiger partial charge on any atom is -0.361 e. The van der Waals surface area contributed by atoms with E-state index in [9.17, 15) is 14.9 Å². The topological polar surface area (TPSA) is 75.5 Å². The van der Waals surface area contributed by atoms with E-state index in [0.29, 0.717) is 6.54 Å². The number of amides is 1. The van der Waals surface area contributed by atoms with Gasteiger partial charge in [-0.1, -0.05) is 35.9 Å². The first-order valence-electron chi connectivity index (χ1n) is 9.14. The van der Waals surface area contributed by atoms with E-state index in [1.54, 1.807) is 11.3 Å². The first kappa shape index (κ1) is 19.4. The van der Waals surface area contributed by atoms with Crippen molar-refractivity contribution >= 4 is 40.2 Å². The third-order valence-corrected chi connectivity index (χ3v) is 6.33. The Morgan fingerprint density at radius 1 is 1.24 bits per heavy atom. The van der Waals surface area contributed by atoms with Crippen molar-refractivity contribution in [3.63, 3.8) is 0 Å². The molecule has 0 aliphatic carbocycles. The molecule has 8 heteroatoms. The number of thiophene rings is 1. The first-order valence-corrected chi connectivity index (χ1v) is 10.4. The van der Waals surface area contributed by atoms with Gasteiger partial charge in [-0.2, -0.15) is 0 Å². The van der Waals surface area contributed by atoms with Gasteiger partial charge in [0.25, 0.3) is 11.6 Å². The third-order valence-electron chi connectivity index (χ3n) is 5.03. The fourth-order valence-corrected chi connectivity index (χ4v) is 4.64. The summed E-state index contributed by atoms with van der Waals surface area (Å²) in [7, 11) is 0. The number of carbonyl (C=O) groups excluding carboxylic acids is 1. The summed E-state index contributed by atoms with van der Waals surface area (Å²) in [6, 6.07) is 16.4. The number of para-hydroxylation sites is 1. The maximum Gasteiger partial charge on any atom is 0.288 e. The van der Waals surface area contributed by atoms with E-state index in [1.807, 2.05) is 23.6 Å². The van der Waals surface area contributed by atoms with Gasteiger partial charge >= 0.3 is 0 Å². The van der Waals surface area contributed by atoms with Crippen molar-refractivity contribution in [3.8, 4) is 0 Å². The third kappa shape index (κ3) is 3.97. The van der Waals surface area contributed by atoms with Crippen LogP contribution in [0.25, 0.3) is 0 Å². The minimum atomic E-state index is -0.589. The number of nitrogens with zero attached hydrogens (tertiary/aromatic N) is 2. The quantitative estimate of drug-likeness (QED) is 0.451. The zero-order valence-corrected chi connectivity index (χ0v) is 16.9. The van der Waals surface area contributed by atoms with Crippen molar-refractivity contribution in [2.24, 2.45) is 0 Å². The van der Waals surface area contributed by atoms with Crippen LogP contribution in [0.5, 0.6) is 0 Å². The molecule has 0 radical (unpaired) electrons. The van der Waals surface area contributed by atoms with Gasteiger partial charge in [-0.3, -0.25) is 14.9 Å². The molecule has 2 heterocycles. The van der Waals surface area contributed by atoms with Crippen LogP contribution in [0.1, 0.15) is 26.8 Å². The molecule has 1 atom stereocenters. The number of hydrogen-bond donors (Lipinski definition) is 1. The minimum absolute atomic E-state index is 0.00936. The average Bonchev–Trinajstić information content (AvgIpc) is 3.39. The molecule has 0 bridgehead atoms. The predicted molar refractivity (Wildman–Crippen MR) is 115 cm³/mol. The normalized spacial score (nSPS) is 13.8. The maximum absolute atomic E-state index is 12.7.